The number of likely N-dealkylation sites (tertiary alicyclic amines) is 1. The SMILES string of the molecule is CC[C@H](C)[C@@H]([C@@H](CC(=O)N1CCC[C@H]1[C@H](OC)[C@@H](C)C(=O)N[C@@H](Cc1ccccc1)C(=O)Nc1ccc(CNC(=O)CCCCCN2C(=O)C=CC2=O)cc1)OC)N(C)C(=O)[C@@H](/N=C(\N(C)C)N1CCNCC1)C(C)C. The van der Waals surface area contributed by atoms with Gasteiger partial charge in [-0.1, -0.05) is 89.9 Å². The van der Waals surface area contributed by atoms with Crippen molar-refractivity contribution < 1.29 is 43.0 Å². The Morgan fingerprint density at radius 2 is 1.50 bits per heavy atom. The van der Waals surface area contributed by atoms with Crippen molar-refractivity contribution in [3.8, 4) is 0 Å². The summed E-state index contributed by atoms with van der Waals surface area (Å²) in [6.07, 6.45) is 5.75. The van der Waals surface area contributed by atoms with Gasteiger partial charge < -0.3 is 50.3 Å². The van der Waals surface area contributed by atoms with Crippen LogP contribution in [0.5, 0.6) is 0 Å². The molecule has 19 heteroatoms. The second kappa shape index (κ2) is 29.9. The molecule has 7 amide bonds. The fourth-order valence-corrected chi connectivity index (χ4v) is 10.4. The van der Waals surface area contributed by atoms with E-state index in [0.717, 1.165) is 49.7 Å². The second-order valence-corrected chi connectivity index (χ2v) is 21.0. The number of hydrogen-bond acceptors (Lipinski definition) is 11. The molecule has 2 saturated heterocycles. The summed E-state index contributed by atoms with van der Waals surface area (Å²) < 4.78 is 12.2. The highest BCUT2D eigenvalue weighted by Gasteiger charge is 2.43. The Morgan fingerprint density at radius 3 is 2.11 bits per heavy atom. The van der Waals surface area contributed by atoms with E-state index in [-0.39, 0.29) is 54.2 Å². The van der Waals surface area contributed by atoms with Crippen molar-refractivity contribution in [3.05, 3.63) is 77.9 Å². The van der Waals surface area contributed by atoms with Gasteiger partial charge in [0.2, 0.25) is 29.5 Å². The zero-order chi connectivity index (χ0) is 55.5. The number of carbonyl (C=O) groups excluding carboxylic acids is 7. The molecule has 418 valence electrons. The number of rotatable bonds is 27. The van der Waals surface area contributed by atoms with Crippen molar-refractivity contribution >= 4 is 53.0 Å². The predicted octanol–water partition coefficient (Wildman–Crippen LogP) is 4.22. The van der Waals surface area contributed by atoms with Gasteiger partial charge in [0.15, 0.2) is 5.96 Å². The van der Waals surface area contributed by atoms with Crippen LogP contribution in [0.3, 0.4) is 0 Å². The van der Waals surface area contributed by atoms with Crippen LogP contribution < -0.4 is 21.3 Å². The van der Waals surface area contributed by atoms with E-state index in [1.165, 1.54) is 17.1 Å². The fraction of sp³-hybridized carbons (Fsp3) is 0.614. The zero-order valence-corrected chi connectivity index (χ0v) is 46.7. The maximum Gasteiger partial charge on any atom is 0.253 e. The number of methoxy groups -OCH3 is 2. The van der Waals surface area contributed by atoms with Gasteiger partial charge in [0.05, 0.1) is 36.6 Å². The largest absolute Gasteiger partial charge is 0.379 e. The van der Waals surface area contributed by atoms with Crippen LogP contribution in [-0.2, 0) is 56.0 Å². The molecule has 3 heterocycles. The first kappa shape index (κ1) is 60.7. The Bertz CT molecular complexity index is 2290. The van der Waals surface area contributed by atoms with Crippen molar-refractivity contribution in [2.75, 3.05) is 79.9 Å². The molecule has 0 aromatic heterocycles. The zero-order valence-electron chi connectivity index (χ0n) is 46.7. The second-order valence-electron chi connectivity index (χ2n) is 21.0. The van der Waals surface area contributed by atoms with Gasteiger partial charge >= 0.3 is 0 Å². The Balaban J connectivity index is 1.21. The lowest BCUT2D eigenvalue weighted by Crippen LogP contribution is -2.56. The third-order valence-electron chi connectivity index (χ3n) is 15.0. The van der Waals surface area contributed by atoms with Gasteiger partial charge in [0, 0.05) is 112 Å². The van der Waals surface area contributed by atoms with Gasteiger partial charge in [-0.05, 0) is 60.8 Å². The van der Waals surface area contributed by atoms with Crippen molar-refractivity contribution in [3.63, 3.8) is 0 Å². The lowest BCUT2D eigenvalue weighted by atomic mass is 9.89. The first-order chi connectivity index (χ1) is 36.4. The highest BCUT2D eigenvalue weighted by Crippen LogP contribution is 2.30. The molecule has 2 aromatic rings. The number of guanidine groups is 1. The predicted molar refractivity (Wildman–Crippen MR) is 294 cm³/mol. The lowest BCUT2D eigenvalue weighted by Gasteiger charge is -2.40. The smallest absolute Gasteiger partial charge is 0.253 e. The number of carbonyl (C=O) groups is 7. The Hall–Kier alpha value is -6.18. The molecule has 4 N–H and O–H groups in total. The number of imide groups is 1. The molecule has 3 aliphatic rings. The highest BCUT2D eigenvalue weighted by atomic mass is 16.5. The summed E-state index contributed by atoms with van der Waals surface area (Å²) in [6.45, 7) is 14.3. The van der Waals surface area contributed by atoms with E-state index in [1.807, 2.05) is 75.3 Å². The van der Waals surface area contributed by atoms with Crippen LogP contribution in [0.2, 0.25) is 0 Å². The van der Waals surface area contributed by atoms with E-state index in [1.54, 1.807) is 50.1 Å². The number of nitrogens with zero attached hydrogens (tertiary/aromatic N) is 6. The number of hydrogen-bond donors (Lipinski definition) is 4. The van der Waals surface area contributed by atoms with Crippen LogP contribution in [0.15, 0.2) is 71.7 Å². The van der Waals surface area contributed by atoms with Crippen LogP contribution >= 0.6 is 0 Å². The number of ether oxygens (including phenoxy) is 2. The first-order valence-corrected chi connectivity index (χ1v) is 27.3. The standard InChI is InChI=1S/C57H86N10O9/c1-11-39(4)52(64(8)56(74)51(38(2)3)62-57(63(6)7)65-33-29-58-30-34-65)46(75-9)36-50(71)66-32-18-21-45(66)53(76-10)40(5)54(72)61-44(35-41-19-14-12-15-20-41)55(73)60-43-25-23-42(24-26-43)37-59-47(68)22-16-13-17-31-67-48(69)27-28-49(67)70/h12,14-15,19-20,23-28,38-40,44-46,51-53,58H,11,13,16-18,21-22,29-37H2,1-10H3,(H,59,68)(H,60,73)(H,61,72)/b62-57+/t39-,40+,44-,45-,46+,51-,52-,53+/m0/s1. The summed E-state index contributed by atoms with van der Waals surface area (Å²) >= 11 is 0. The average molecular weight is 1060 g/mol. The number of likely N-dealkylation sites (N-methyl/N-ethyl adjacent to an activating group) is 1. The molecular weight excluding hydrogens is 969 g/mol. The third-order valence-corrected chi connectivity index (χ3v) is 15.0. The van der Waals surface area contributed by atoms with Gasteiger partial charge in [-0.25, -0.2) is 4.99 Å². The monoisotopic (exact) mass is 1050 g/mol. The summed E-state index contributed by atoms with van der Waals surface area (Å²) in [6, 6.07) is 14.1. The number of nitrogens with one attached hydrogen (secondary N) is 4. The molecule has 5 rings (SSSR count). The van der Waals surface area contributed by atoms with Gasteiger partial charge in [0.1, 0.15) is 12.1 Å². The van der Waals surface area contributed by atoms with E-state index in [9.17, 15) is 33.6 Å². The molecule has 8 atom stereocenters. The molecular formula is C57H86N10O9. The number of benzene rings is 2. The molecule has 0 unspecified atom stereocenters. The average Bonchev–Trinajstić information content (AvgIpc) is 4.03. The topological polar surface area (TPSA) is 215 Å². The van der Waals surface area contributed by atoms with Crippen LogP contribution in [-0.4, -0.2) is 183 Å². The summed E-state index contributed by atoms with van der Waals surface area (Å²) in [5.74, 6) is -1.93. The van der Waals surface area contributed by atoms with Crippen molar-refractivity contribution in [1.29, 1.82) is 0 Å². The summed E-state index contributed by atoms with van der Waals surface area (Å²) in [5.41, 5.74) is 2.19. The van der Waals surface area contributed by atoms with Gasteiger partial charge in [-0.15, -0.1) is 0 Å². The minimum atomic E-state index is -0.958. The number of anilines is 1. The summed E-state index contributed by atoms with van der Waals surface area (Å²) in [5, 5.41) is 12.3. The van der Waals surface area contributed by atoms with E-state index < -0.39 is 54.1 Å². The highest BCUT2D eigenvalue weighted by molar-refractivity contribution is 6.12. The molecule has 0 saturated carbocycles. The van der Waals surface area contributed by atoms with Crippen molar-refractivity contribution in [2.45, 2.75) is 135 Å². The van der Waals surface area contributed by atoms with Crippen LogP contribution in [0.4, 0.5) is 5.69 Å². The Kier molecular flexibility index (Phi) is 23.9. The number of unbranched alkanes of at least 4 members (excludes halogenated alkanes) is 2. The maximum absolute atomic E-state index is 14.6. The fourth-order valence-electron chi connectivity index (χ4n) is 10.4. The van der Waals surface area contributed by atoms with E-state index in [0.29, 0.717) is 63.8 Å². The quantitative estimate of drug-likeness (QED) is 0.0429. The van der Waals surface area contributed by atoms with E-state index in [4.69, 9.17) is 14.5 Å². The molecule has 0 radical (unpaired) electrons. The minimum absolute atomic E-state index is 0.0135. The molecule has 0 bridgehead atoms. The van der Waals surface area contributed by atoms with Crippen LogP contribution in [0, 0.1) is 17.8 Å². The van der Waals surface area contributed by atoms with Gasteiger partial charge in [0.25, 0.3) is 11.8 Å². The molecule has 2 fully saturated rings. The van der Waals surface area contributed by atoms with Crippen molar-refractivity contribution in [1.82, 2.24) is 40.4 Å². The summed E-state index contributed by atoms with van der Waals surface area (Å²) in [7, 11) is 8.83. The first-order valence-electron chi connectivity index (χ1n) is 27.3. The normalized spacial score (nSPS) is 18.7. The Labute approximate surface area is 450 Å². The molecule has 3 aliphatic heterocycles. The van der Waals surface area contributed by atoms with Crippen LogP contribution in [0.25, 0.3) is 0 Å². The summed E-state index contributed by atoms with van der Waals surface area (Å²) in [4.78, 5) is 108. The van der Waals surface area contributed by atoms with Gasteiger partial charge in [-0.2, -0.15) is 0 Å². The van der Waals surface area contributed by atoms with E-state index in [2.05, 4.69) is 40.0 Å². The van der Waals surface area contributed by atoms with E-state index >= 15 is 0 Å². The molecule has 0 aliphatic carbocycles. The van der Waals surface area contributed by atoms with Crippen LogP contribution in [0.1, 0.15) is 97.1 Å². The number of aliphatic imine (C=N–C) groups is 1. The Morgan fingerprint density at radius 1 is 0.829 bits per heavy atom. The minimum Gasteiger partial charge on any atom is -0.379 e. The van der Waals surface area contributed by atoms with Crippen molar-refractivity contribution in [2.24, 2.45) is 22.7 Å². The van der Waals surface area contributed by atoms with Gasteiger partial charge in [-0.3, -0.25) is 38.5 Å². The molecule has 76 heavy (non-hydrogen) atoms. The third kappa shape index (κ3) is 16.9. The lowest BCUT2D eigenvalue weighted by molar-refractivity contribution is -0.146. The molecule has 19 nitrogen and oxygen atoms in total. The number of piperazine rings is 1. The molecule has 0 spiro atoms. The maximum atomic E-state index is 14.6. The number of amides is 7. The molecule has 2 aromatic carbocycles.